The Hall–Kier alpha value is -2.90. The predicted octanol–water partition coefficient (Wildman–Crippen LogP) is 14.4. The number of esters is 1. The van der Waals surface area contributed by atoms with E-state index < -0.39 is 49.5 Å². The fraction of sp³-hybridized carbons (Fsp3) is 0.781. The summed E-state index contributed by atoms with van der Waals surface area (Å²) >= 11 is 0. The SMILES string of the molecule is CC/C=C/CC/C=C/CC/C=C/C(O)C(COC1OC(CO)C(O)C(O)C1O)NC(=O)CCCCCCCCCCCC/C=C\C=C/CCCCCOC(=O)CCCCCCCCC/C=C\CCCCCCCCC. The van der Waals surface area contributed by atoms with Crippen LogP contribution in [0.1, 0.15) is 258 Å². The van der Waals surface area contributed by atoms with Crippen molar-refractivity contribution in [3.63, 3.8) is 0 Å². The zero-order valence-electron chi connectivity index (χ0n) is 47.7. The molecule has 1 amide bonds. The van der Waals surface area contributed by atoms with Crippen LogP contribution in [0.4, 0.5) is 0 Å². The van der Waals surface area contributed by atoms with Crippen molar-refractivity contribution in [2.24, 2.45) is 0 Å². The van der Waals surface area contributed by atoms with Gasteiger partial charge >= 0.3 is 5.97 Å². The van der Waals surface area contributed by atoms with Crippen LogP contribution in [0.5, 0.6) is 0 Å². The second kappa shape index (κ2) is 53.1. The molecule has 0 aromatic rings. The molecule has 1 heterocycles. The van der Waals surface area contributed by atoms with Gasteiger partial charge in [0.1, 0.15) is 24.4 Å². The van der Waals surface area contributed by atoms with Crippen molar-refractivity contribution in [1.29, 1.82) is 0 Å². The molecule has 0 aliphatic carbocycles. The first-order chi connectivity index (χ1) is 36.7. The van der Waals surface area contributed by atoms with E-state index in [2.05, 4.69) is 79.9 Å². The summed E-state index contributed by atoms with van der Waals surface area (Å²) < 4.78 is 16.6. The van der Waals surface area contributed by atoms with Crippen molar-refractivity contribution in [2.45, 2.75) is 301 Å². The van der Waals surface area contributed by atoms with Gasteiger partial charge in [-0.3, -0.25) is 9.59 Å². The average Bonchev–Trinajstić information content (AvgIpc) is 3.41. The van der Waals surface area contributed by atoms with Gasteiger partial charge in [0.15, 0.2) is 6.29 Å². The molecule has 0 aromatic heterocycles. The molecule has 0 bridgehead atoms. The molecule has 75 heavy (non-hydrogen) atoms. The normalized spacial score (nSPS) is 19.3. The number of rotatable bonds is 52. The number of hydrogen-bond acceptors (Lipinski definition) is 10. The quantitative estimate of drug-likeness (QED) is 0.0149. The smallest absolute Gasteiger partial charge is 0.305 e. The van der Waals surface area contributed by atoms with Gasteiger partial charge in [-0.15, -0.1) is 0 Å². The summed E-state index contributed by atoms with van der Waals surface area (Å²) in [4.78, 5) is 25.1. The van der Waals surface area contributed by atoms with E-state index in [1.807, 2.05) is 6.08 Å². The molecule has 7 unspecified atom stereocenters. The van der Waals surface area contributed by atoms with Crippen LogP contribution in [0, 0.1) is 0 Å². The minimum absolute atomic E-state index is 0.0331. The molecule has 6 N–H and O–H groups in total. The van der Waals surface area contributed by atoms with E-state index in [-0.39, 0.29) is 18.5 Å². The summed E-state index contributed by atoms with van der Waals surface area (Å²) in [6.45, 7) is 4.14. The first-order valence-electron chi connectivity index (χ1n) is 30.7. The molecule has 1 aliphatic heterocycles. The topological polar surface area (TPSA) is 175 Å². The number of allylic oxidation sites excluding steroid dienone is 11. The van der Waals surface area contributed by atoms with E-state index in [0.29, 0.717) is 25.9 Å². The summed E-state index contributed by atoms with van der Waals surface area (Å²) in [7, 11) is 0. The number of hydrogen-bond donors (Lipinski definition) is 6. The van der Waals surface area contributed by atoms with Crippen LogP contribution >= 0.6 is 0 Å². The minimum atomic E-state index is -1.59. The number of carbonyl (C=O) groups excluding carboxylic acids is 2. The van der Waals surface area contributed by atoms with Crippen molar-refractivity contribution in [3.05, 3.63) is 72.9 Å². The second-order valence-corrected chi connectivity index (χ2v) is 21.0. The molecule has 1 rings (SSSR count). The van der Waals surface area contributed by atoms with Gasteiger partial charge in [0.2, 0.25) is 5.91 Å². The van der Waals surface area contributed by atoms with E-state index in [1.165, 1.54) is 128 Å². The monoisotopic (exact) mass is 1060 g/mol. The molecule has 0 aromatic carbocycles. The number of aliphatic hydroxyl groups is 5. The number of ether oxygens (including phenoxy) is 3. The zero-order chi connectivity index (χ0) is 54.5. The van der Waals surface area contributed by atoms with Gasteiger partial charge < -0.3 is 45.1 Å². The number of amides is 1. The van der Waals surface area contributed by atoms with E-state index in [4.69, 9.17) is 14.2 Å². The molecule has 1 aliphatic rings. The molecule has 1 fully saturated rings. The molecule has 434 valence electrons. The molecular weight excluding hydrogens is 943 g/mol. The fourth-order valence-corrected chi connectivity index (χ4v) is 9.16. The molecular formula is C64H113NO10. The Bertz CT molecular complexity index is 1470. The molecule has 7 atom stereocenters. The van der Waals surface area contributed by atoms with Crippen molar-refractivity contribution >= 4 is 11.9 Å². The maximum atomic E-state index is 13.0. The van der Waals surface area contributed by atoms with Gasteiger partial charge in [0.05, 0.1) is 32.0 Å². The summed E-state index contributed by atoms with van der Waals surface area (Å²) in [5.74, 6) is -0.243. The van der Waals surface area contributed by atoms with Crippen LogP contribution in [0.15, 0.2) is 72.9 Å². The molecule has 0 radical (unpaired) electrons. The van der Waals surface area contributed by atoms with Crippen molar-refractivity contribution in [2.75, 3.05) is 19.8 Å². The first kappa shape index (κ1) is 70.1. The molecule has 1 saturated heterocycles. The van der Waals surface area contributed by atoms with Crippen LogP contribution in [0.3, 0.4) is 0 Å². The Morgan fingerprint density at radius 1 is 0.507 bits per heavy atom. The summed E-state index contributed by atoms with van der Waals surface area (Å²) in [6, 6.07) is -0.843. The molecule has 11 heteroatoms. The fourth-order valence-electron chi connectivity index (χ4n) is 9.16. The first-order valence-corrected chi connectivity index (χ1v) is 30.7. The van der Waals surface area contributed by atoms with Gasteiger partial charge in [-0.1, -0.05) is 209 Å². The Morgan fingerprint density at radius 3 is 1.47 bits per heavy atom. The van der Waals surface area contributed by atoms with Gasteiger partial charge in [-0.05, 0) is 109 Å². The van der Waals surface area contributed by atoms with Crippen LogP contribution in [-0.2, 0) is 23.8 Å². The zero-order valence-corrected chi connectivity index (χ0v) is 47.7. The molecule has 0 saturated carbocycles. The Kier molecular flexibility index (Phi) is 49.7. The predicted molar refractivity (Wildman–Crippen MR) is 310 cm³/mol. The maximum Gasteiger partial charge on any atom is 0.305 e. The summed E-state index contributed by atoms with van der Waals surface area (Å²) in [5.41, 5.74) is 0. The maximum absolute atomic E-state index is 13.0. The van der Waals surface area contributed by atoms with E-state index in [1.54, 1.807) is 6.08 Å². The Balaban J connectivity index is 2.05. The lowest BCUT2D eigenvalue weighted by atomic mass is 9.99. The van der Waals surface area contributed by atoms with Gasteiger partial charge in [0, 0.05) is 12.8 Å². The third kappa shape index (κ3) is 42.8. The Labute approximate surface area is 458 Å². The van der Waals surface area contributed by atoms with E-state index in [0.717, 1.165) is 96.3 Å². The highest BCUT2D eigenvalue weighted by atomic mass is 16.7. The second-order valence-electron chi connectivity index (χ2n) is 21.0. The largest absolute Gasteiger partial charge is 0.466 e. The van der Waals surface area contributed by atoms with Crippen molar-refractivity contribution in [3.8, 4) is 0 Å². The minimum Gasteiger partial charge on any atom is -0.466 e. The average molecular weight is 1060 g/mol. The third-order valence-electron chi connectivity index (χ3n) is 14.0. The number of unbranched alkanes of at least 4 members (excludes halogenated alkanes) is 29. The van der Waals surface area contributed by atoms with Crippen molar-refractivity contribution < 1.29 is 49.3 Å². The molecule has 0 spiro atoms. The standard InChI is InChI=1S/C64H113NO10/c1-3-5-7-9-11-13-15-16-17-18-23-26-29-32-36-40-44-48-52-60(69)73-53-49-45-41-37-33-30-27-24-21-19-20-22-25-28-31-35-39-43-47-51-59(68)65-56(55-74-64-63(72)62(71)61(70)58(54-66)75-64)57(67)50-46-42-38-34-14-12-10-8-6-4-2/h6,8,14,17-18,24,27,30,33-34,46,50,56-58,61-64,66-67,70-72H,3-5,7,9-13,15-16,19-23,25-26,28-29,31-32,35-45,47-49,51-55H2,1-2H3,(H,65,68)/b8-6+,18-17-,27-24-,33-30-,34-14+,50-46+. The lowest BCUT2D eigenvalue weighted by molar-refractivity contribution is -0.302. The van der Waals surface area contributed by atoms with E-state index in [9.17, 15) is 35.1 Å². The Morgan fingerprint density at radius 2 is 0.947 bits per heavy atom. The number of carbonyl (C=O) groups is 2. The molecule has 11 nitrogen and oxygen atoms in total. The number of aliphatic hydroxyl groups excluding tert-OH is 5. The van der Waals surface area contributed by atoms with Crippen LogP contribution in [-0.4, -0.2) is 100 Å². The number of nitrogens with one attached hydrogen (secondary N) is 1. The van der Waals surface area contributed by atoms with Crippen LogP contribution < -0.4 is 5.32 Å². The lowest BCUT2D eigenvalue weighted by Gasteiger charge is -2.40. The highest BCUT2D eigenvalue weighted by Gasteiger charge is 2.44. The van der Waals surface area contributed by atoms with Crippen LogP contribution in [0.2, 0.25) is 0 Å². The van der Waals surface area contributed by atoms with Gasteiger partial charge in [0.25, 0.3) is 0 Å². The lowest BCUT2D eigenvalue weighted by Crippen LogP contribution is -2.60. The summed E-state index contributed by atoms with van der Waals surface area (Å²) in [6.07, 6.45) is 60.2. The highest BCUT2D eigenvalue weighted by Crippen LogP contribution is 2.23. The highest BCUT2D eigenvalue weighted by molar-refractivity contribution is 5.76. The van der Waals surface area contributed by atoms with Gasteiger partial charge in [-0.2, -0.15) is 0 Å². The van der Waals surface area contributed by atoms with Gasteiger partial charge in [-0.25, -0.2) is 0 Å². The summed E-state index contributed by atoms with van der Waals surface area (Å²) in [5, 5.41) is 54.2. The van der Waals surface area contributed by atoms with Crippen molar-refractivity contribution in [1.82, 2.24) is 5.32 Å². The van der Waals surface area contributed by atoms with Crippen LogP contribution in [0.25, 0.3) is 0 Å². The van der Waals surface area contributed by atoms with E-state index >= 15 is 0 Å². The third-order valence-corrected chi connectivity index (χ3v) is 14.0.